The summed E-state index contributed by atoms with van der Waals surface area (Å²) in [5.74, 6) is 0.488. The number of halogens is 1. The van der Waals surface area contributed by atoms with E-state index in [9.17, 15) is 0 Å². The van der Waals surface area contributed by atoms with E-state index in [1.165, 1.54) is 0 Å². The first-order valence-corrected chi connectivity index (χ1v) is 3.06. The van der Waals surface area contributed by atoms with E-state index in [2.05, 4.69) is 0 Å². The van der Waals surface area contributed by atoms with Crippen LogP contribution in [-0.2, 0) is 4.74 Å². The highest BCUT2D eigenvalue weighted by molar-refractivity contribution is 8.93. The van der Waals surface area contributed by atoms with Crippen LogP contribution in [0.25, 0.3) is 0 Å². The highest BCUT2D eigenvalue weighted by Crippen LogP contribution is 2.09. The van der Waals surface area contributed by atoms with Gasteiger partial charge in [-0.1, -0.05) is 0 Å². The summed E-state index contributed by atoms with van der Waals surface area (Å²) in [4.78, 5) is 0. The van der Waals surface area contributed by atoms with Gasteiger partial charge in [-0.15, -0.1) is 17.0 Å². The van der Waals surface area contributed by atoms with E-state index in [1.807, 2.05) is 27.7 Å². The largest absolute Gasteiger partial charge is 0.474 e. The van der Waals surface area contributed by atoms with Crippen molar-refractivity contribution in [3.05, 3.63) is 12.0 Å². The molecule has 2 N–H and O–H groups in total. The Morgan fingerprint density at radius 2 is 1.80 bits per heavy atom. The van der Waals surface area contributed by atoms with Crippen molar-refractivity contribution in [2.45, 2.75) is 33.3 Å². The Balaban J connectivity index is 0. The van der Waals surface area contributed by atoms with Crippen LogP contribution in [-0.4, -0.2) is 5.60 Å². The average Bonchev–Trinajstić information content (AvgIpc) is 1.62. The Kier molecular flexibility index (Phi) is 5.76. The fraction of sp³-hybridized carbons (Fsp3) is 0.714. The van der Waals surface area contributed by atoms with E-state index < -0.39 is 0 Å². The van der Waals surface area contributed by atoms with E-state index in [0.29, 0.717) is 5.88 Å². The van der Waals surface area contributed by atoms with E-state index in [-0.39, 0.29) is 22.6 Å². The number of hydrogen-bond acceptors (Lipinski definition) is 2. The minimum atomic E-state index is -0.170. The predicted octanol–water partition coefficient (Wildman–Crippen LogP) is 2.20. The molecule has 10 heavy (non-hydrogen) atoms. The van der Waals surface area contributed by atoms with Gasteiger partial charge in [0.15, 0.2) is 5.88 Å². The molecule has 0 saturated carbocycles. The Hall–Kier alpha value is -0.180. The normalized spacial score (nSPS) is 12.2. The summed E-state index contributed by atoms with van der Waals surface area (Å²) >= 11 is 0. The Bertz CT molecular complexity index is 115. The average molecular weight is 210 g/mol. The molecule has 0 aromatic carbocycles. The van der Waals surface area contributed by atoms with Gasteiger partial charge in [0, 0.05) is 0 Å². The van der Waals surface area contributed by atoms with Crippen molar-refractivity contribution in [1.29, 1.82) is 0 Å². The highest BCUT2D eigenvalue weighted by atomic mass is 79.9. The summed E-state index contributed by atoms with van der Waals surface area (Å²) in [7, 11) is 0. The quantitative estimate of drug-likeness (QED) is 0.673. The van der Waals surface area contributed by atoms with Crippen LogP contribution in [0.5, 0.6) is 0 Å². The molecule has 0 rings (SSSR count). The summed E-state index contributed by atoms with van der Waals surface area (Å²) in [6.07, 6.45) is 1.74. The molecular weight excluding hydrogens is 194 g/mol. The smallest absolute Gasteiger partial charge is 0.180 e. The first kappa shape index (κ1) is 12.5. The number of nitrogens with two attached hydrogens (primary N) is 1. The summed E-state index contributed by atoms with van der Waals surface area (Å²) in [5, 5.41) is 0. The zero-order chi connectivity index (χ0) is 7.49. The third kappa shape index (κ3) is 7.82. The fourth-order valence-corrected chi connectivity index (χ4v) is 0.412. The number of allylic oxidation sites excluding steroid dienone is 1. The lowest BCUT2D eigenvalue weighted by atomic mass is 10.2. The number of hydrogen-bond donors (Lipinski definition) is 1. The van der Waals surface area contributed by atoms with Crippen molar-refractivity contribution in [3.63, 3.8) is 0 Å². The van der Waals surface area contributed by atoms with Gasteiger partial charge in [0.2, 0.25) is 0 Å². The van der Waals surface area contributed by atoms with Crippen molar-refractivity contribution >= 4 is 17.0 Å². The molecule has 0 aliphatic heterocycles. The lowest BCUT2D eigenvalue weighted by Crippen LogP contribution is -2.21. The second-order valence-electron chi connectivity index (χ2n) is 2.91. The van der Waals surface area contributed by atoms with Gasteiger partial charge in [-0.3, -0.25) is 0 Å². The van der Waals surface area contributed by atoms with Crippen molar-refractivity contribution in [1.82, 2.24) is 0 Å². The third-order valence-electron chi connectivity index (χ3n) is 0.709. The summed E-state index contributed by atoms with van der Waals surface area (Å²) in [6.45, 7) is 7.73. The third-order valence-corrected chi connectivity index (χ3v) is 0.709. The zero-order valence-corrected chi connectivity index (χ0v) is 8.68. The Labute approximate surface area is 73.2 Å². The Morgan fingerprint density at radius 3 is 1.90 bits per heavy atom. The van der Waals surface area contributed by atoms with Gasteiger partial charge < -0.3 is 10.5 Å². The molecule has 0 spiro atoms. The van der Waals surface area contributed by atoms with Gasteiger partial charge in [-0.25, -0.2) is 0 Å². The van der Waals surface area contributed by atoms with Gasteiger partial charge in [0.25, 0.3) is 0 Å². The second kappa shape index (κ2) is 4.61. The van der Waals surface area contributed by atoms with Crippen LogP contribution in [0, 0.1) is 0 Å². The van der Waals surface area contributed by atoms with Gasteiger partial charge >= 0.3 is 0 Å². The maximum absolute atomic E-state index is 5.40. The molecule has 2 nitrogen and oxygen atoms in total. The molecular formula is C7H16BrNO. The van der Waals surface area contributed by atoms with Crippen molar-refractivity contribution in [2.24, 2.45) is 5.73 Å². The van der Waals surface area contributed by atoms with Crippen LogP contribution < -0.4 is 5.73 Å². The standard InChI is InChI=1S/C7H15NO.BrH/c1-5-6(8)9-7(2,3)4;/h5H,8H2,1-4H3;1H. The van der Waals surface area contributed by atoms with Crippen molar-refractivity contribution < 1.29 is 4.74 Å². The maximum Gasteiger partial charge on any atom is 0.180 e. The molecule has 0 aromatic rings. The molecule has 0 aliphatic rings. The van der Waals surface area contributed by atoms with Crippen molar-refractivity contribution in [3.8, 4) is 0 Å². The van der Waals surface area contributed by atoms with Crippen LogP contribution in [0.4, 0.5) is 0 Å². The molecule has 0 atom stereocenters. The van der Waals surface area contributed by atoms with Crippen molar-refractivity contribution in [2.75, 3.05) is 0 Å². The summed E-state index contributed by atoms with van der Waals surface area (Å²) in [6, 6.07) is 0. The maximum atomic E-state index is 5.40. The van der Waals surface area contributed by atoms with E-state index in [0.717, 1.165) is 0 Å². The van der Waals surface area contributed by atoms with E-state index in [4.69, 9.17) is 10.5 Å². The topological polar surface area (TPSA) is 35.2 Å². The molecule has 0 aromatic heterocycles. The van der Waals surface area contributed by atoms with Crippen LogP contribution in [0.1, 0.15) is 27.7 Å². The lowest BCUT2D eigenvalue weighted by molar-refractivity contribution is 0.0503. The fourth-order valence-electron chi connectivity index (χ4n) is 0.412. The van der Waals surface area contributed by atoms with Crippen LogP contribution in [0.3, 0.4) is 0 Å². The molecule has 0 radical (unpaired) electrons. The van der Waals surface area contributed by atoms with E-state index in [1.54, 1.807) is 6.08 Å². The minimum absolute atomic E-state index is 0. The van der Waals surface area contributed by atoms with Crippen LogP contribution >= 0.6 is 17.0 Å². The van der Waals surface area contributed by atoms with Gasteiger partial charge in [-0.05, 0) is 33.8 Å². The zero-order valence-electron chi connectivity index (χ0n) is 6.97. The first-order chi connectivity index (χ1) is 3.95. The van der Waals surface area contributed by atoms with E-state index >= 15 is 0 Å². The molecule has 0 saturated heterocycles. The molecule has 0 unspecified atom stereocenters. The van der Waals surface area contributed by atoms with Crippen LogP contribution in [0.15, 0.2) is 12.0 Å². The molecule has 62 valence electrons. The minimum Gasteiger partial charge on any atom is -0.474 e. The SMILES string of the molecule is Br.CC=C(N)OC(C)(C)C. The molecule has 0 amide bonds. The predicted molar refractivity (Wildman–Crippen MR) is 49.1 cm³/mol. The van der Waals surface area contributed by atoms with Gasteiger partial charge in [0.1, 0.15) is 5.60 Å². The molecule has 0 fully saturated rings. The number of rotatable bonds is 1. The van der Waals surface area contributed by atoms with Gasteiger partial charge in [-0.2, -0.15) is 0 Å². The van der Waals surface area contributed by atoms with Crippen LogP contribution in [0.2, 0.25) is 0 Å². The molecule has 0 aliphatic carbocycles. The monoisotopic (exact) mass is 209 g/mol. The first-order valence-electron chi connectivity index (χ1n) is 3.06. The Morgan fingerprint density at radius 1 is 1.40 bits per heavy atom. The molecule has 0 heterocycles. The van der Waals surface area contributed by atoms with Gasteiger partial charge in [0.05, 0.1) is 0 Å². The summed E-state index contributed by atoms with van der Waals surface area (Å²) < 4.78 is 5.23. The summed E-state index contributed by atoms with van der Waals surface area (Å²) in [5.41, 5.74) is 5.23. The second-order valence-corrected chi connectivity index (χ2v) is 2.91. The number of ether oxygens (including phenoxy) is 1. The lowest BCUT2D eigenvalue weighted by Gasteiger charge is -2.20. The molecule has 3 heteroatoms. The molecule has 0 bridgehead atoms. The highest BCUT2D eigenvalue weighted by Gasteiger charge is 2.10.